The van der Waals surface area contributed by atoms with Gasteiger partial charge >= 0.3 is 5.97 Å². The smallest absolute Gasteiger partial charge is 0.340 e. The van der Waals surface area contributed by atoms with E-state index in [9.17, 15) is 4.79 Å². The minimum atomic E-state index is -1.11. The number of nitrogens with zero attached hydrogens (tertiary/aromatic N) is 1. The Kier molecular flexibility index (Phi) is 4.80. The van der Waals surface area contributed by atoms with E-state index in [0.29, 0.717) is 22.1 Å². The molecule has 0 aromatic heterocycles. The molecule has 0 aliphatic carbocycles. The summed E-state index contributed by atoms with van der Waals surface area (Å²) in [4.78, 5) is 15.1. The van der Waals surface area contributed by atoms with Crippen molar-refractivity contribution in [2.24, 2.45) is 0 Å². The fourth-order valence-corrected chi connectivity index (χ4v) is 5.04. The van der Waals surface area contributed by atoms with E-state index in [1.54, 1.807) is 0 Å². The average molecular weight is 483 g/mol. The van der Waals surface area contributed by atoms with Crippen molar-refractivity contribution in [3.05, 3.63) is 112 Å². The SMILES string of the molecule is Cc1cc2c(cc1Nc1ccc(Cl)cc1)C1(OC(=O)c3ccccc31)c1ccc(N(C)C)cc1O2. The Balaban J connectivity index is 1.59. The number of anilines is 3. The number of esters is 1. The number of hydrogen-bond donors (Lipinski definition) is 1. The summed E-state index contributed by atoms with van der Waals surface area (Å²) in [6.45, 7) is 2.02. The second-order valence-electron chi connectivity index (χ2n) is 9.09. The number of hydrogen-bond acceptors (Lipinski definition) is 5. The van der Waals surface area contributed by atoms with Gasteiger partial charge < -0.3 is 19.7 Å². The van der Waals surface area contributed by atoms with Gasteiger partial charge in [0.05, 0.1) is 5.56 Å². The Morgan fingerprint density at radius 2 is 1.60 bits per heavy atom. The second kappa shape index (κ2) is 7.79. The molecule has 1 unspecified atom stereocenters. The third kappa shape index (κ3) is 3.27. The zero-order chi connectivity index (χ0) is 24.3. The molecule has 6 rings (SSSR count). The maximum Gasteiger partial charge on any atom is 0.340 e. The zero-order valence-electron chi connectivity index (χ0n) is 19.6. The number of aryl methyl sites for hydroxylation is 1. The largest absolute Gasteiger partial charge is 0.456 e. The highest BCUT2D eigenvalue weighted by molar-refractivity contribution is 6.30. The molecule has 174 valence electrons. The fourth-order valence-electron chi connectivity index (χ4n) is 4.91. The van der Waals surface area contributed by atoms with Crippen LogP contribution in [0.15, 0.2) is 78.9 Å². The van der Waals surface area contributed by atoms with E-state index in [1.807, 2.05) is 105 Å². The number of rotatable bonds is 3. The number of carbonyl (C=O) groups excluding carboxylic acids is 1. The van der Waals surface area contributed by atoms with Crippen LogP contribution >= 0.6 is 11.6 Å². The summed E-state index contributed by atoms with van der Waals surface area (Å²) < 4.78 is 12.7. The molecule has 1 spiro atoms. The lowest BCUT2D eigenvalue weighted by molar-refractivity contribution is 0.0224. The van der Waals surface area contributed by atoms with E-state index >= 15 is 0 Å². The van der Waals surface area contributed by atoms with Gasteiger partial charge in [-0.05, 0) is 67.1 Å². The average Bonchev–Trinajstić information content (AvgIpc) is 3.14. The van der Waals surface area contributed by atoms with Gasteiger partial charge in [-0.25, -0.2) is 4.79 Å². The highest BCUT2D eigenvalue weighted by Crippen LogP contribution is 2.57. The molecular weight excluding hydrogens is 460 g/mol. The molecule has 0 amide bonds. The summed E-state index contributed by atoms with van der Waals surface area (Å²) in [5.41, 5.74) is 5.65. The molecule has 0 radical (unpaired) electrons. The molecule has 2 heterocycles. The van der Waals surface area contributed by atoms with Gasteiger partial charge in [-0.2, -0.15) is 0 Å². The van der Waals surface area contributed by atoms with Gasteiger partial charge in [0, 0.05) is 58.9 Å². The van der Waals surface area contributed by atoms with Gasteiger partial charge in [-0.15, -0.1) is 0 Å². The first kappa shape index (κ1) is 21.6. The van der Waals surface area contributed by atoms with Crippen molar-refractivity contribution in [1.29, 1.82) is 0 Å². The molecule has 0 fully saturated rings. The molecule has 4 aromatic carbocycles. The normalized spacial score (nSPS) is 17.2. The minimum Gasteiger partial charge on any atom is -0.456 e. The molecule has 2 aliphatic rings. The maximum absolute atomic E-state index is 13.1. The van der Waals surface area contributed by atoms with Crippen molar-refractivity contribution >= 4 is 34.6 Å². The summed E-state index contributed by atoms with van der Waals surface area (Å²) >= 11 is 6.07. The summed E-state index contributed by atoms with van der Waals surface area (Å²) in [5, 5.41) is 4.15. The Bertz CT molecular complexity index is 1500. The van der Waals surface area contributed by atoms with Gasteiger partial charge in [-0.1, -0.05) is 29.8 Å². The molecule has 6 heteroatoms. The van der Waals surface area contributed by atoms with Crippen LogP contribution in [0, 0.1) is 6.92 Å². The number of nitrogens with one attached hydrogen (secondary N) is 1. The monoisotopic (exact) mass is 482 g/mol. The molecule has 1 N–H and O–H groups in total. The third-order valence-corrected chi connectivity index (χ3v) is 6.93. The van der Waals surface area contributed by atoms with Crippen LogP contribution < -0.4 is 15.0 Å². The first-order chi connectivity index (χ1) is 16.9. The molecule has 1 atom stereocenters. The molecule has 0 saturated heterocycles. The number of ether oxygens (including phenoxy) is 2. The molecular formula is C29H23ClN2O3. The lowest BCUT2D eigenvalue weighted by atomic mass is 9.77. The highest BCUT2D eigenvalue weighted by atomic mass is 35.5. The summed E-state index contributed by atoms with van der Waals surface area (Å²) in [6.07, 6.45) is 0. The zero-order valence-corrected chi connectivity index (χ0v) is 20.3. The van der Waals surface area contributed by atoms with Crippen LogP contribution in [0.2, 0.25) is 5.02 Å². The number of halogens is 1. The summed E-state index contributed by atoms with van der Waals surface area (Å²) in [7, 11) is 3.97. The summed E-state index contributed by atoms with van der Waals surface area (Å²) in [5.74, 6) is 0.993. The Morgan fingerprint density at radius 3 is 2.37 bits per heavy atom. The van der Waals surface area contributed by atoms with Gasteiger partial charge in [0.2, 0.25) is 0 Å². The molecule has 35 heavy (non-hydrogen) atoms. The Morgan fingerprint density at radius 1 is 0.857 bits per heavy atom. The predicted molar refractivity (Wildman–Crippen MR) is 138 cm³/mol. The molecule has 4 aromatic rings. The lowest BCUT2D eigenvalue weighted by Gasteiger charge is -2.37. The molecule has 0 saturated carbocycles. The van der Waals surface area contributed by atoms with Crippen LogP contribution in [-0.2, 0) is 10.3 Å². The van der Waals surface area contributed by atoms with Gasteiger partial charge in [0.25, 0.3) is 0 Å². The van der Waals surface area contributed by atoms with Crippen LogP contribution in [0.25, 0.3) is 0 Å². The first-order valence-corrected chi connectivity index (χ1v) is 11.7. The highest BCUT2D eigenvalue weighted by Gasteiger charge is 2.53. The Hall–Kier alpha value is -3.96. The van der Waals surface area contributed by atoms with E-state index < -0.39 is 5.60 Å². The standard InChI is InChI=1S/C29H23ClN2O3/c1-17-14-26-24(16-25(17)31-19-10-8-18(30)9-11-19)29(22-7-5-4-6-21(22)28(33)35-29)23-13-12-20(32(2)3)15-27(23)34-26/h4-16,31H,1-3H3. The van der Waals surface area contributed by atoms with Crippen LogP contribution in [0.3, 0.4) is 0 Å². The van der Waals surface area contributed by atoms with E-state index in [4.69, 9.17) is 21.1 Å². The van der Waals surface area contributed by atoms with Crippen molar-refractivity contribution in [1.82, 2.24) is 0 Å². The van der Waals surface area contributed by atoms with E-state index in [-0.39, 0.29) is 5.97 Å². The van der Waals surface area contributed by atoms with Gasteiger partial charge in [0.1, 0.15) is 11.5 Å². The topological polar surface area (TPSA) is 50.8 Å². The Labute approximate surface area is 208 Å². The van der Waals surface area contributed by atoms with Crippen LogP contribution in [-0.4, -0.2) is 20.1 Å². The van der Waals surface area contributed by atoms with Gasteiger partial charge in [0.15, 0.2) is 5.60 Å². The maximum atomic E-state index is 13.1. The van der Waals surface area contributed by atoms with Crippen molar-refractivity contribution in [2.45, 2.75) is 12.5 Å². The van der Waals surface area contributed by atoms with Crippen molar-refractivity contribution < 1.29 is 14.3 Å². The lowest BCUT2D eigenvalue weighted by Crippen LogP contribution is -2.33. The third-order valence-electron chi connectivity index (χ3n) is 6.68. The summed E-state index contributed by atoms with van der Waals surface area (Å²) in [6, 6.07) is 25.1. The van der Waals surface area contributed by atoms with Crippen molar-refractivity contribution in [3.8, 4) is 11.5 Å². The quantitative estimate of drug-likeness (QED) is 0.318. The van der Waals surface area contributed by atoms with E-state index in [0.717, 1.165) is 39.3 Å². The van der Waals surface area contributed by atoms with Crippen molar-refractivity contribution in [3.63, 3.8) is 0 Å². The predicted octanol–water partition coefficient (Wildman–Crippen LogP) is 7.03. The van der Waals surface area contributed by atoms with Crippen LogP contribution in [0.4, 0.5) is 17.1 Å². The molecule has 0 bridgehead atoms. The minimum absolute atomic E-state index is 0.344. The first-order valence-electron chi connectivity index (χ1n) is 11.4. The number of fused-ring (bicyclic) bond motifs is 6. The fraction of sp³-hybridized carbons (Fsp3) is 0.138. The van der Waals surface area contributed by atoms with E-state index in [1.165, 1.54) is 0 Å². The molecule has 5 nitrogen and oxygen atoms in total. The molecule has 2 aliphatic heterocycles. The van der Waals surface area contributed by atoms with Gasteiger partial charge in [-0.3, -0.25) is 0 Å². The van der Waals surface area contributed by atoms with Crippen LogP contribution in [0.1, 0.15) is 32.6 Å². The second-order valence-corrected chi connectivity index (χ2v) is 9.52. The van der Waals surface area contributed by atoms with E-state index in [2.05, 4.69) is 5.32 Å². The number of benzene rings is 4. The van der Waals surface area contributed by atoms with Crippen molar-refractivity contribution in [2.75, 3.05) is 24.3 Å². The number of carbonyl (C=O) groups is 1. The van der Waals surface area contributed by atoms with Crippen LogP contribution in [0.5, 0.6) is 11.5 Å².